The Morgan fingerprint density at radius 1 is 1.25 bits per heavy atom. The van der Waals surface area contributed by atoms with Gasteiger partial charge in [-0.05, 0) is 29.8 Å². The predicted molar refractivity (Wildman–Crippen MR) is 65.6 cm³/mol. The molecule has 0 aliphatic carbocycles. The number of aromatic nitrogens is 1. The SMILES string of the molecule is COc1cc(-c2cc(Cl)ccc2N)ccn1. The molecule has 16 heavy (non-hydrogen) atoms. The molecular formula is C12H11ClN2O. The highest BCUT2D eigenvalue weighted by Gasteiger charge is 2.05. The molecule has 1 heterocycles. The van der Waals surface area contributed by atoms with E-state index in [0.717, 1.165) is 11.1 Å². The van der Waals surface area contributed by atoms with Gasteiger partial charge in [0, 0.05) is 28.5 Å². The molecule has 2 aromatic rings. The number of pyridine rings is 1. The van der Waals surface area contributed by atoms with E-state index in [1.807, 2.05) is 18.2 Å². The van der Waals surface area contributed by atoms with Crippen LogP contribution < -0.4 is 10.5 Å². The van der Waals surface area contributed by atoms with Gasteiger partial charge in [0.2, 0.25) is 5.88 Å². The fraction of sp³-hybridized carbons (Fsp3) is 0.0833. The standard InChI is InChI=1S/C12H11ClN2O/c1-16-12-6-8(4-5-15-12)10-7-9(13)2-3-11(10)14/h2-7H,14H2,1H3. The lowest BCUT2D eigenvalue weighted by Crippen LogP contribution is -1.92. The first-order valence-electron chi connectivity index (χ1n) is 4.76. The van der Waals surface area contributed by atoms with Gasteiger partial charge in [0.05, 0.1) is 7.11 Å². The summed E-state index contributed by atoms with van der Waals surface area (Å²) >= 11 is 5.94. The molecule has 1 aromatic carbocycles. The maximum atomic E-state index is 5.94. The van der Waals surface area contributed by atoms with Crippen molar-refractivity contribution in [2.45, 2.75) is 0 Å². The van der Waals surface area contributed by atoms with Crippen molar-refractivity contribution in [2.75, 3.05) is 12.8 Å². The van der Waals surface area contributed by atoms with Crippen LogP contribution in [0.2, 0.25) is 5.02 Å². The number of nitrogens with zero attached hydrogens (tertiary/aromatic N) is 1. The van der Waals surface area contributed by atoms with E-state index in [9.17, 15) is 0 Å². The summed E-state index contributed by atoms with van der Waals surface area (Å²) in [6, 6.07) is 9.06. The molecule has 1 aromatic heterocycles. The third-order valence-electron chi connectivity index (χ3n) is 2.27. The second-order valence-electron chi connectivity index (χ2n) is 3.32. The number of nitrogens with two attached hydrogens (primary N) is 1. The monoisotopic (exact) mass is 234 g/mol. The van der Waals surface area contributed by atoms with Crippen LogP contribution in [-0.2, 0) is 0 Å². The van der Waals surface area contributed by atoms with Gasteiger partial charge in [0.1, 0.15) is 0 Å². The van der Waals surface area contributed by atoms with Crippen molar-refractivity contribution >= 4 is 17.3 Å². The molecule has 0 saturated heterocycles. The van der Waals surface area contributed by atoms with Crippen molar-refractivity contribution in [3.8, 4) is 17.0 Å². The summed E-state index contributed by atoms with van der Waals surface area (Å²) < 4.78 is 5.06. The molecule has 0 saturated carbocycles. The first-order chi connectivity index (χ1) is 7.70. The Labute approximate surface area is 98.8 Å². The second kappa shape index (κ2) is 4.41. The average Bonchev–Trinajstić information content (AvgIpc) is 2.32. The second-order valence-corrected chi connectivity index (χ2v) is 3.75. The number of benzene rings is 1. The van der Waals surface area contributed by atoms with Crippen molar-refractivity contribution in [3.05, 3.63) is 41.6 Å². The fourth-order valence-electron chi connectivity index (χ4n) is 1.47. The van der Waals surface area contributed by atoms with E-state index in [1.54, 1.807) is 25.4 Å². The highest BCUT2D eigenvalue weighted by atomic mass is 35.5. The third-order valence-corrected chi connectivity index (χ3v) is 2.51. The Bertz CT molecular complexity index is 514. The Morgan fingerprint density at radius 2 is 2.06 bits per heavy atom. The summed E-state index contributed by atoms with van der Waals surface area (Å²) in [5, 5.41) is 0.653. The maximum Gasteiger partial charge on any atom is 0.213 e. The summed E-state index contributed by atoms with van der Waals surface area (Å²) in [5.41, 5.74) is 8.39. The highest BCUT2D eigenvalue weighted by molar-refractivity contribution is 6.31. The Morgan fingerprint density at radius 3 is 2.81 bits per heavy atom. The zero-order valence-corrected chi connectivity index (χ0v) is 9.53. The molecule has 0 atom stereocenters. The Hall–Kier alpha value is -1.74. The summed E-state index contributed by atoms with van der Waals surface area (Å²) in [7, 11) is 1.58. The highest BCUT2D eigenvalue weighted by Crippen LogP contribution is 2.29. The third kappa shape index (κ3) is 2.09. The first-order valence-corrected chi connectivity index (χ1v) is 5.14. The summed E-state index contributed by atoms with van der Waals surface area (Å²) in [4.78, 5) is 4.04. The van der Waals surface area contributed by atoms with Crippen LogP contribution in [0.4, 0.5) is 5.69 Å². The Balaban J connectivity index is 2.53. The van der Waals surface area contributed by atoms with Crippen LogP contribution in [-0.4, -0.2) is 12.1 Å². The van der Waals surface area contributed by atoms with Gasteiger partial charge in [-0.3, -0.25) is 0 Å². The van der Waals surface area contributed by atoms with E-state index >= 15 is 0 Å². The number of halogens is 1. The molecule has 82 valence electrons. The minimum atomic E-state index is 0.553. The van der Waals surface area contributed by atoms with Crippen LogP contribution in [0.3, 0.4) is 0 Å². The van der Waals surface area contributed by atoms with Crippen molar-refractivity contribution < 1.29 is 4.74 Å². The largest absolute Gasteiger partial charge is 0.481 e. The molecule has 0 bridgehead atoms. The van der Waals surface area contributed by atoms with Gasteiger partial charge < -0.3 is 10.5 Å². The van der Waals surface area contributed by atoms with E-state index in [-0.39, 0.29) is 0 Å². The molecule has 0 amide bonds. The summed E-state index contributed by atoms with van der Waals surface area (Å²) in [6.45, 7) is 0. The van der Waals surface area contributed by atoms with Crippen LogP contribution in [0.15, 0.2) is 36.5 Å². The van der Waals surface area contributed by atoms with Crippen LogP contribution in [0.1, 0.15) is 0 Å². The molecule has 0 unspecified atom stereocenters. The van der Waals surface area contributed by atoms with Gasteiger partial charge in [-0.25, -0.2) is 4.98 Å². The maximum absolute atomic E-state index is 5.94. The van der Waals surface area contributed by atoms with Crippen LogP contribution in [0.25, 0.3) is 11.1 Å². The predicted octanol–water partition coefficient (Wildman–Crippen LogP) is 2.99. The Kier molecular flexibility index (Phi) is 2.97. The van der Waals surface area contributed by atoms with Crippen molar-refractivity contribution in [1.29, 1.82) is 0 Å². The van der Waals surface area contributed by atoms with Gasteiger partial charge in [-0.2, -0.15) is 0 Å². The normalized spacial score (nSPS) is 10.1. The zero-order chi connectivity index (χ0) is 11.5. The minimum Gasteiger partial charge on any atom is -0.481 e. The molecule has 0 fully saturated rings. The lowest BCUT2D eigenvalue weighted by Gasteiger charge is -2.07. The van der Waals surface area contributed by atoms with Gasteiger partial charge in [0.15, 0.2) is 0 Å². The quantitative estimate of drug-likeness (QED) is 0.813. The smallest absolute Gasteiger partial charge is 0.213 e. The molecule has 2 N–H and O–H groups in total. The van der Waals surface area contributed by atoms with E-state index in [2.05, 4.69) is 4.98 Å². The molecule has 0 radical (unpaired) electrons. The summed E-state index contributed by atoms with van der Waals surface area (Å²) in [5.74, 6) is 0.553. The van der Waals surface area contributed by atoms with Crippen LogP contribution in [0.5, 0.6) is 5.88 Å². The molecule has 0 aliphatic heterocycles. The molecule has 3 nitrogen and oxygen atoms in total. The molecule has 0 spiro atoms. The number of methoxy groups -OCH3 is 1. The van der Waals surface area contributed by atoms with E-state index in [1.165, 1.54) is 0 Å². The van der Waals surface area contributed by atoms with Crippen LogP contribution >= 0.6 is 11.6 Å². The number of rotatable bonds is 2. The fourth-order valence-corrected chi connectivity index (χ4v) is 1.64. The zero-order valence-electron chi connectivity index (χ0n) is 8.77. The average molecular weight is 235 g/mol. The lowest BCUT2D eigenvalue weighted by atomic mass is 10.1. The van der Waals surface area contributed by atoms with E-state index in [0.29, 0.717) is 16.6 Å². The first kappa shape index (κ1) is 10.8. The summed E-state index contributed by atoms with van der Waals surface area (Å²) in [6.07, 6.45) is 1.68. The number of hydrogen-bond donors (Lipinski definition) is 1. The number of nitrogen functional groups attached to an aromatic ring is 1. The lowest BCUT2D eigenvalue weighted by molar-refractivity contribution is 0.398. The van der Waals surface area contributed by atoms with Crippen molar-refractivity contribution in [1.82, 2.24) is 4.98 Å². The number of hydrogen-bond acceptors (Lipinski definition) is 3. The van der Waals surface area contributed by atoms with Gasteiger partial charge >= 0.3 is 0 Å². The molecule has 0 aliphatic rings. The van der Waals surface area contributed by atoms with E-state index in [4.69, 9.17) is 22.1 Å². The molecule has 2 rings (SSSR count). The van der Waals surface area contributed by atoms with E-state index < -0.39 is 0 Å². The molecule has 4 heteroatoms. The number of anilines is 1. The minimum absolute atomic E-state index is 0.553. The van der Waals surface area contributed by atoms with Crippen molar-refractivity contribution in [2.24, 2.45) is 0 Å². The van der Waals surface area contributed by atoms with Gasteiger partial charge in [0.25, 0.3) is 0 Å². The van der Waals surface area contributed by atoms with Crippen LogP contribution in [0, 0.1) is 0 Å². The van der Waals surface area contributed by atoms with Crippen molar-refractivity contribution in [3.63, 3.8) is 0 Å². The topological polar surface area (TPSA) is 48.1 Å². The van der Waals surface area contributed by atoms with Gasteiger partial charge in [-0.15, -0.1) is 0 Å². The number of ether oxygens (including phenoxy) is 1. The molecular weight excluding hydrogens is 224 g/mol. The van der Waals surface area contributed by atoms with Gasteiger partial charge in [-0.1, -0.05) is 11.6 Å².